The monoisotopic (exact) mass is 654 g/mol. The summed E-state index contributed by atoms with van der Waals surface area (Å²) in [6, 6.07) is 0. The van der Waals surface area contributed by atoms with Crippen LogP contribution in [-0.2, 0) is 19.1 Å². The van der Waals surface area contributed by atoms with Gasteiger partial charge in [0, 0.05) is 19.4 Å². The molecule has 0 aromatic rings. The van der Waals surface area contributed by atoms with Gasteiger partial charge in [-0.25, -0.2) is 0 Å². The molecule has 0 aromatic heterocycles. The normalized spacial score (nSPS) is 11.7. The third-order valence-electron chi connectivity index (χ3n) is 9.57. The molecule has 1 N–H and O–H groups in total. The minimum Gasteiger partial charge on any atom is -0.466 e. The maximum atomic E-state index is 12.2. The average Bonchev–Trinajstić information content (AvgIpc) is 3.05. The van der Waals surface area contributed by atoms with Gasteiger partial charge >= 0.3 is 11.9 Å². The van der Waals surface area contributed by atoms with E-state index >= 15 is 0 Å². The average molecular weight is 654 g/mol. The predicted octanol–water partition coefficient (Wildman–Crippen LogP) is 10.8. The Labute approximate surface area is 286 Å². The van der Waals surface area contributed by atoms with E-state index in [1.807, 2.05) is 0 Å². The molecule has 274 valence electrons. The molecule has 6 nitrogen and oxygen atoms in total. The van der Waals surface area contributed by atoms with E-state index in [2.05, 4.69) is 32.6 Å². The Morgan fingerprint density at radius 1 is 0.478 bits per heavy atom. The Balaban J connectivity index is 3.82. The Morgan fingerprint density at radius 2 is 0.826 bits per heavy atom. The summed E-state index contributed by atoms with van der Waals surface area (Å²) in [5, 5.41) is 9.49. The second kappa shape index (κ2) is 35.2. The highest BCUT2D eigenvalue weighted by Crippen LogP contribution is 2.21. The van der Waals surface area contributed by atoms with E-state index in [0.29, 0.717) is 37.9 Å². The number of hydrogen-bond acceptors (Lipinski definition) is 6. The molecular weight excluding hydrogens is 574 g/mol. The largest absolute Gasteiger partial charge is 0.466 e. The smallest absolute Gasteiger partial charge is 0.305 e. The molecule has 6 heteroatoms. The molecule has 0 atom stereocenters. The highest BCUT2D eigenvalue weighted by atomic mass is 16.5. The SMILES string of the molecule is CCCCC(CCCC)CCOC(=O)CCCCCCCN(CCO)CCCCCCCC(=O)OCCC(CCCC)CCCC. The number of unbranched alkanes of at least 4 members (excludes halogenated alkanes) is 12. The Morgan fingerprint density at radius 3 is 1.17 bits per heavy atom. The first kappa shape index (κ1) is 44.9. The number of carbonyl (C=O) groups excluding carboxylic acids is 2. The van der Waals surface area contributed by atoms with Gasteiger partial charge in [-0.05, 0) is 63.5 Å². The summed E-state index contributed by atoms with van der Waals surface area (Å²) in [4.78, 5) is 26.7. The number of rotatable bonds is 36. The molecule has 0 saturated heterocycles. The van der Waals surface area contributed by atoms with Crippen LogP contribution in [0.1, 0.15) is 195 Å². The summed E-state index contributed by atoms with van der Waals surface area (Å²) in [7, 11) is 0. The van der Waals surface area contributed by atoms with Gasteiger partial charge in [0.05, 0.1) is 19.8 Å². The number of aliphatic hydroxyl groups excluding tert-OH is 1. The van der Waals surface area contributed by atoms with Crippen LogP contribution in [0.4, 0.5) is 0 Å². The number of hydrogen-bond donors (Lipinski definition) is 1. The molecule has 0 bridgehead atoms. The van der Waals surface area contributed by atoms with Gasteiger partial charge in [0.15, 0.2) is 0 Å². The molecule has 0 aliphatic rings. The topological polar surface area (TPSA) is 76.1 Å². The quantitative estimate of drug-likeness (QED) is 0.0536. The van der Waals surface area contributed by atoms with E-state index in [9.17, 15) is 14.7 Å². The third-order valence-corrected chi connectivity index (χ3v) is 9.57. The molecule has 0 unspecified atom stereocenters. The second-order valence-corrected chi connectivity index (χ2v) is 13.9. The van der Waals surface area contributed by atoms with E-state index in [1.165, 1.54) is 89.9 Å². The van der Waals surface area contributed by atoms with Crippen molar-refractivity contribution in [2.24, 2.45) is 11.8 Å². The van der Waals surface area contributed by atoms with Crippen molar-refractivity contribution in [2.45, 2.75) is 195 Å². The predicted molar refractivity (Wildman–Crippen MR) is 195 cm³/mol. The number of carbonyl (C=O) groups is 2. The van der Waals surface area contributed by atoms with Gasteiger partial charge in [-0.1, -0.05) is 143 Å². The zero-order chi connectivity index (χ0) is 33.9. The van der Waals surface area contributed by atoms with Crippen molar-refractivity contribution >= 4 is 11.9 Å². The third kappa shape index (κ3) is 30.2. The number of aliphatic hydroxyl groups is 1. The lowest BCUT2D eigenvalue weighted by Gasteiger charge is -2.21. The number of nitrogens with zero attached hydrogens (tertiary/aromatic N) is 1. The molecule has 46 heavy (non-hydrogen) atoms. The minimum atomic E-state index is -0.0252. The molecule has 0 saturated carbocycles. The summed E-state index contributed by atoms with van der Waals surface area (Å²) in [5.74, 6) is 1.36. The van der Waals surface area contributed by atoms with Crippen molar-refractivity contribution in [3.05, 3.63) is 0 Å². The molecule has 0 aliphatic heterocycles. The van der Waals surface area contributed by atoms with Crippen molar-refractivity contribution in [1.82, 2.24) is 4.90 Å². The second-order valence-electron chi connectivity index (χ2n) is 13.9. The van der Waals surface area contributed by atoms with Gasteiger partial charge < -0.3 is 19.5 Å². The molecule has 0 spiro atoms. The lowest BCUT2D eigenvalue weighted by atomic mass is 9.93. The molecular formula is C40H79NO5. The fraction of sp³-hybridized carbons (Fsp3) is 0.950. The maximum absolute atomic E-state index is 12.2. The Bertz CT molecular complexity index is 590. The van der Waals surface area contributed by atoms with E-state index in [-0.39, 0.29) is 18.5 Å². The van der Waals surface area contributed by atoms with Crippen LogP contribution in [0.2, 0.25) is 0 Å². The van der Waals surface area contributed by atoms with Gasteiger partial charge in [0.2, 0.25) is 0 Å². The van der Waals surface area contributed by atoms with Crippen LogP contribution in [0, 0.1) is 11.8 Å². The standard InChI is InChI=1S/C40H79NO5/c1-5-9-23-37(24-10-6-2)29-35-45-39(43)27-19-15-13-17-21-31-41(33-34-42)32-22-18-14-16-20-28-40(44)46-36-30-38(25-11-7-3)26-12-8-4/h37-38,42H,5-36H2,1-4H3. The van der Waals surface area contributed by atoms with Crippen molar-refractivity contribution in [2.75, 3.05) is 39.5 Å². The fourth-order valence-electron chi connectivity index (χ4n) is 6.41. The van der Waals surface area contributed by atoms with Gasteiger partial charge in [-0.15, -0.1) is 0 Å². The van der Waals surface area contributed by atoms with E-state index in [0.717, 1.165) is 83.8 Å². The molecule has 0 aliphatic carbocycles. The van der Waals surface area contributed by atoms with Crippen LogP contribution in [0.25, 0.3) is 0 Å². The van der Waals surface area contributed by atoms with Crippen molar-refractivity contribution < 1.29 is 24.2 Å². The lowest BCUT2D eigenvalue weighted by Crippen LogP contribution is -2.29. The van der Waals surface area contributed by atoms with Gasteiger partial charge in [-0.2, -0.15) is 0 Å². The first-order chi connectivity index (χ1) is 22.5. The van der Waals surface area contributed by atoms with Crippen molar-refractivity contribution in [3.63, 3.8) is 0 Å². The molecule has 0 rings (SSSR count). The number of esters is 2. The van der Waals surface area contributed by atoms with Crippen LogP contribution in [0.3, 0.4) is 0 Å². The molecule has 0 radical (unpaired) electrons. The molecule has 0 amide bonds. The Hall–Kier alpha value is -1.14. The van der Waals surface area contributed by atoms with Gasteiger partial charge in [0.25, 0.3) is 0 Å². The molecule has 0 fully saturated rings. The first-order valence-electron chi connectivity index (χ1n) is 20.1. The first-order valence-corrected chi connectivity index (χ1v) is 20.1. The minimum absolute atomic E-state index is 0.0252. The van der Waals surface area contributed by atoms with E-state index < -0.39 is 0 Å². The summed E-state index contributed by atoms with van der Waals surface area (Å²) in [6.45, 7) is 13.2. The zero-order valence-electron chi connectivity index (χ0n) is 31.3. The van der Waals surface area contributed by atoms with E-state index in [1.54, 1.807) is 0 Å². The van der Waals surface area contributed by atoms with Crippen LogP contribution in [-0.4, -0.2) is 61.4 Å². The van der Waals surface area contributed by atoms with Crippen LogP contribution >= 0.6 is 0 Å². The lowest BCUT2D eigenvalue weighted by molar-refractivity contribution is -0.145. The molecule has 0 aromatic carbocycles. The van der Waals surface area contributed by atoms with Crippen LogP contribution in [0.5, 0.6) is 0 Å². The van der Waals surface area contributed by atoms with Crippen molar-refractivity contribution in [1.29, 1.82) is 0 Å². The summed E-state index contributed by atoms with van der Waals surface area (Å²) < 4.78 is 11.1. The highest BCUT2D eigenvalue weighted by Gasteiger charge is 2.12. The Kier molecular flexibility index (Phi) is 34.3. The van der Waals surface area contributed by atoms with Gasteiger partial charge in [-0.3, -0.25) is 9.59 Å². The van der Waals surface area contributed by atoms with Crippen LogP contribution in [0.15, 0.2) is 0 Å². The summed E-state index contributed by atoms with van der Waals surface area (Å²) in [5.41, 5.74) is 0. The van der Waals surface area contributed by atoms with E-state index in [4.69, 9.17) is 9.47 Å². The van der Waals surface area contributed by atoms with Crippen LogP contribution < -0.4 is 0 Å². The zero-order valence-corrected chi connectivity index (χ0v) is 31.3. The van der Waals surface area contributed by atoms with Crippen molar-refractivity contribution in [3.8, 4) is 0 Å². The maximum Gasteiger partial charge on any atom is 0.305 e. The summed E-state index contributed by atoms with van der Waals surface area (Å²) >= 11 is 0. The summed E-state index contributed by atoms with van der Waals surface area (Å²) in [6.07, 6.45) is 29.2. The fourth-order valence-corrected chi connectivity index (χ4v) is 6.41. The van der Waals surface area contributed by atoms with Gasteiger partial charge in [0.1, 0.15) is 0 Å². The highest BCUT2D eigenvalue weighted by molar-refractivity contribution is 5.69. The number of ether oxygens (including phenoxy) is 2. The molecule has 0 heterocycles.